The van der Waals surface area contributed by atoms with Crippen LogP contribution in [0.2, 0.25) is 0 Å². The first-order valence-electron chi connectivity index (χ1n) is 10.4. The fourth-order valence-electron chi connectivity index (χ4n) is 4.18. The fraction of sp³-hybridized carbons (Fsp3) is 0.435. The molecular weight excluding hydrogens is 362 g/mol. The minimum atomic E-state index is 0.0285. The molecule has 3 heterocycles. The van der Waals surface area contributed by atoms with Gasteiger partial charge in [-0.25, -0.2) is 9.97 Å². The number of aromatic nitrogens is 3. The normalized spacial score (nSPS) is 17.7. The topological polar surface area (TPSA) is 63.1 Å². The molecule has 0 spiro atoms. The van der Waals surface area contributed by atoms with Crippen molar-refractivity contribution in [3.05, 3.63) is 43.0 Å². The van der Waals surface area contributed by atoms with Crippen molar-refractivity contribution in [2.75, 3.05) is 25.0 Å². The van der Waals surface area contributed by atoms with E-state index >= 15 is 0 Å². The van der Waals surface area contributed by atoms with Crippen molar-refractivity contribution < 1.29 is 4.79 Å². The number of hydrogen-bond donors (Lipinski definition) is 1. The molecule has 1 aliphatic heterocycles. The van der Waals surface area contributed by atoms with Gasteiger partial charge in [0.15, 0.2) is 0 Å². The number of aryl methyl sites for hydroxylation is 1. The molecule has 1 aliphatic rings. The lowest BCUT2D eigenvalue weighted by Crippen LogP contribution is -2.42. The van der Waals surface area contributed by atoms with E-state index in [2.05, 4.69) is 52.2 Å². The first kappa shape index (κ1) is 19.6. The molecule has 1 atom stereocenters. The summed E-state index contributed by atoms with van der Waals surface area (Å²) < 4.78 is 2.00. The van der Waals surface area contributed by atoms with Gasteiger partial charge in [0.2, 0.25) is 5.91 Å². The van der Waals surface area contributed by atoms with E-state index in [0.29, 0.717) is 11.7 Å². The number of benzene rings is 1. The summed E-state index contributed by atoms with van der Waals surface area (Å²) in [4.78, 5) is 23.9. The molecule has 6 nitrogen and oxygen atoms in total. The second kappa shape index (κ2) is 8.33. The van der Waals surface area contributed by atoms with Crippen molar-refractivity contribution in [2.45, 2.75) is 26.7 Å². The number of carbonyl (C=O) groups is 1. The highest BCUT2D eigenvalue weighted by atomic mass is 16.2. The summed E-state index contributed by atoms with van der Waals surface area (Å²) in [5.41, 5.74) is 2.15. The average Bonchev–Trinajstić information content (AvgIpc) is 3.13. The van der Waals surface area contributed by atoms with Crippen LogP contribution in [0.4, 0.5) is 5.82 Å². The Balaban J connectivity index is 1.50. The highest BCUT2D eigenvalue weighted by molar-refractivity contribution is 5.95. The number of nitrogens with zero attached hydrogens (tertiary/aromatic N) is 4. The van der Waals surface area contributed by atoms with Gasteiger partial charge in [-0.3, -0.25) is 4.79 Å². The van der Waals surface area contributed by atoms with Gasteiger partial charge < -0.3 is 14.8 Å². The molecule has 0 saturated carbocycles. The SMILES string of the molecule is CC(C)CN1CCCC(C(=O)Nc2cc3cc(-c4cncn4C)ccc3cn2)C1. The average molecular weight is 392 g/mol. The van der Waals surface area contributed by atoms with Crippen LogP contribution in [0, 0.1) is 11.8 Å². The maximum Gasteiger partial charge on any atom is 0.229 e. The van der Waals surface area contributed by atoms with Gasteiger partial charge >= 0.3 is 0 Å². The third-order valence-corrected chi connectivity index (χ3v) is 5.59. The molecule has 3 aromatic rings. The van der Waals surface area contributed by atoms with E-state index < -0.39 is 0 Å². The molecule has 2 aromatic heterocycles. The number of nitrogens with one attached hydrogen (secondary N) is 1. The second-order valence-corrected chi connectivity index (χ2v) is 8.50. The molecule has 0 aliphatic carbocycles. The lowest BCUT2D eigenvalue weighted by atomic mass is 9.96. The van der Waals surface area contributed by atoms with Crippen LogP contribution >= 0.6 is 0 Å². The minimum absolute atomic E-state index is 0.0285. The molecule has 0 radical (unpaired) electrons. The van der Waals surface area contributed by atoms with E-state index in [1.54, 1.807) is 6.33 Å². The zero-order valence-electron chi connectivity index (χ0n) is 17.4. The molecule has 1 aromatic carbocycles. The number of fused-ring (bicyclic) bond motifs is 1. The Labute approximate surface area is 172 Å². The predicted molar refractivity (Wildman–Crippen MR) is 117 cm³/mol. The Morgan fingerprint density at radius 2 is 2.10 bits per heavy atom. The van der Waals surface area contributed by atoms with Crippen molar-refractivity contribution in [2.24, 2.45) is 18.9 Å². The molecule has 152 valence electrons. The van der Waals surface area contributed by atoms with Gasteiger partial charge in [-0.1, -0.05) is 26.0 Å². The molecule has 29 heavy (non-hydrogen) atoms. The molecule has 1 unspecified atom stereocenters. The Morgan fingerprint density at radius 3 is 2.86 bits per heavy atom. The zero-order valence-corrected chi connectivity index (χ0v) is 17.4. The Morgan fingerprint density at radius 1 is 1.24 bits per heavy atom. The van der Waals surface area contributed by atoms with Gasteiger partial charge in [0.05, 0.1) is 24.1 Å². The summed E-state index contributed by atoms with van der Waals surface area (Å²) in [5.74, 6) is 1.34. The van der Waals surface area contributed by atoms with Gasteiger partial charge in [-0.05, 0) is 42.8 Å². The number of hydrogen-bond acceptors (Lipinski definition) is 4. The molecule has 1 amide bonds. The summed E-state index contributed by atoms with van der Waals surface area (Å²) in [6.07, 6.45) is 7.49. The van der Waals surface area contributed by atoms with Crippen LogP contribution in [0.1, 0.15) is 26.7 Å². The highest BCUT2D eigenvalue weighted by Crippen LogP contribution is 2.26. The molecule has 1 fully saturated rings. The number of anilines is 1. The fourth-order valence-corrected chi connectivity index (χ4v) is 4.18. The zero-order chi connectivity index (χ0) is 20.4. The maximum absolute atomic E-state index is 12.8. The van der Waals surface area contributed by atoms with Gasteiger partial charge in [0.25, 0.3) is 0 Å². The van der Waals surface area contributed by atoms with Crippen LogP contribution in [0.25, 0.3) is 22.0 Å². The van der Waals surface area contributed by atoms with E-state index in [4.69, 9.17) is 0 Å². The Bertz CT molecular complexity index is 1010. The van der Waals surface area contributed by atoms with Crippen molar-refractivity contribution in [3.8, 4) is 11.3 Å². The number of pyridine rings is 1. The number of carbonyl (C=O) groups excluding carboxylic acids is 1. The summed E-state index contributed by atoms with van der Waals surface area (Å²) in [6, 6.07) is 8.21. The summed E-state index contributed by atoms with van der Waals surface area (Å²) in [6.45, 7) is 7.43. The van der Waals surface area contributed by atoms with Crippen molar-refractivity contribution in [1.82, 2.24) is 19.4 Å². The second-order valence-electron chi connectivity index (χ2n) is 8.50. The quantitative estimate of drug-likeness (QED) is 0.715. The van der Waals surface area contributed by atoms with Crippen molar-refractivity contribution in [1.29, 1.82) is 0 Å². The number of imidazole rings is 1. The third-order valence-electron chi connectivity index (χ3n) is 5.59. The van der Waals surface area contributed by atoms with Gasteiger partial charge in [0, 0.05) is 37.3 Å². The Hall–Kier alpha value is -2.73. The van der Waals surface area contributed by atoms with Crippen LogP contribution in [-0.4, -0.2) is 45.0 Å². The number of rotatable bonds is 5. The monoisotopic (exact) mass is 391 g/mol. The van der Waals surface area contributed by atoms with Crippen LogP contribution < -0.4 is 5.32 Å². The van der Waals surface area contributed by atoms with E-state index in [9.17, 15) is 4.79 Å². The third kappa shape index (κ3) is 4.48. The summed E-state index contributed by atoms with van der Waals surface area (Å²) >= 11 is 0. The number of likely N-dealkylation sites (tertiary alicyclic amines) is 1. The smallest absolute Gasteiger partial charge is 0.229 e. The van der Waals surface area contributed by atoms with Crippen LogP contribution in [0.15, 0.2) is 43.0 Å². The van der Waals surface area contributed by atoms with Crippen molar-refractivity contribution >= 4 is 22.5 Å². The molecule has 1 saturated heterocycles. The van der Waals surface area contributed by atoms with E-state index in [0.717, 1.165) is 54.5 Å². The molecule has 6 heteroatoms. The standard InChI is InChI=1S/C23H29N5O/c1-16(2)13-28-8-4-5-19(14-28)23(29)26-22-10-20-9-17(6-7-18(20)11-25-22)21-12-24-15-27(21)3/h6-7,9-12,15-16,19H,4-5,8,13-14H2,1-3H3,(H,25,26,29). The Kier molecular flexibility index (Phi) is 5.62. The van der Waals surface area contributed by atoms with Crippen LogP contribution in [0.5, 0.6) is 0 Å². The minimum Gasteiger partial charge on any atom is -0.334 e. The first-order chi connectivity index (χ1) is 14.0. The highest BCUT2D eigenvalue weighted by Gasteiger charge is 2.26. The van der Waals surface area contributed by atoms with E-state index in [-0.39, 0.29) is 11.8 Å². The summed E-state index contributed by atoms with van der Waals surface area (Å²) in [7, 11) is 1.98. The van der Waals surface area contributed by atoms with Gasteiger partial charge in [0.1, 0.15) is 5.82 Å². The largest absolute Gasteiger partial charge is 0.334 e. The lowest BCUT2D eigenvalue weighted by molar-refractivity contribution is -0.121. The number of piperidine rings is 1. The van der Waals surface area contributed by atoms with Crippen molar-refractivity contribution in [3.63, 3.8) is 0 Å². The van der Waals surface area contributed by atoms with Gasteiger partial charge in [-0.2, -0.15) is 0 Å². The van der Waals surface area contributed by atoms with Crippen LogP contribution in [-0.2, 0) is 11.8 Å². The van der Waals surface area contributed by atoms with Crippen LogP contribution in [0.3, 0.4) is 0 Å². The first-order valence-corrected chi connectivity index (χ1v) is 10.4. The van der Waals surface area contributed by atoms with E-state index in [1.807, 2.05) is 30.1 Å². The molecule has 1 N–H and O–H groups in total. The van der Waals surface area contributed by atoms with Gasteiger partial charge in [-0.15, -0.1) is 0 Å². The number of amides is 1. The molecular formula is C23H29N5O. The predicted octanol–water partition coefficient (Wildman–Crippen LogP) is 3.94. The maximum atomic E-state index is 12.8. The lowest BCUT2D eigenvalue weighted by Gasteiger charge is -2.32. The van der Waals surface area contributed by atoms with E-state index in [1.165, 1.54) is 0 Å². The molecule has 4 rings (SSSR count). The summed E-state index contributed by atoms with van der Waals surface area (Å²) in [5, 5.41) is 5.15. The molecule has 0 bridgehead atoms.